The zero-order valence-corrected chi connectivity index (χ0v) is 61.2. The fourth-order valence-corrected chi connectivity index (χ4v) is 20.2. The fraction of sp³-hybridized carbons (Fsp3) is 0.644. The summed E-state index contributed by atoms with van der Waals surface area (Å²) in [6.45, 7) is 18.5. The molecule has 0 unspecified atom stereocenters. The van der Waals surface area contributed by atoms with E-state index in [0.717, 1.165) is 123 Å². The van der Waals surface area contributed by atoms with E-state index in [4.69, 9.17) is 0 Å². The third-order valence-electron chi connectivity index (χ3n) is 26.7. The average Bonchev–Trinajstić information content (AvgIpc) is 0.849. The molecule has 0 radical (unpaired) electrons. The number of halogens is 8. The van der Waals surface area contributed by atoms with Gasteiger partial charge in [0.1, 0.15) is 0 Å². The third kappa shape index (κ3) is 20.8. The Morgan fingerprint density at radius 2 is 0.541 bits per heavy atom. The Hall–Kier alpha value is -4.72. The molecule has 0 nitrogen and oxygen atoms in total. The second kappa shape index (κ2) is 38.5. The Bertz CT molecular complexity index is 3140. The first-order valence-electron chi connectivity index (χ1n) is 39.6. The summed E-state index contributed by atoms with van der Waals surface area (Å²) in [4.78, 5) is 0. The second-order valence-corrected chi connectivity index (χ2v) is 32.5. The van der Waals surface area contributed by atoms with Crippen LogP contribution in [0.2, 0.25) is 0 Å². The maximum Gasteiger partial charge on any atom is 0.162 e. The summed E-state index contributed by atoms with van der Waals surface area (Å²) in [6, 6.07) is 14.1. The Balaban J connectivity index is 0.000000153. The van der Waals surface area contributed by atoms with Gasteiger partial charge in [-0.3, -0.25) is 0 Å². The van der Waals surface area contributed by atoms with E-state index in [1.165, 1.54) is 173 Å². The van der Waals surface area contributed by atoms with Gasteiger partial charge in [0.15, 0.2) is 46.5 Å². The van der Waals surface area contributed by atoms with Crippen LogP contribution in [-0.4, -0.2) is 0 Å². The van der Waals surface area contributed by atoms with Crippen molar-refractivity contribution in [3.63, 3.8) is 0 Å². The topological polar surface area (TPSA) is 0 Å². The van der Waals surface area contributed by atoms with Crippen LogP contribution in [0.1, 0.15) is 313 Å². The van der Waals surface area contributed by atoms with Crippen LogP contribution in [0, 0.1) is 145 Å². The molecular weight excluding hydrogens is 1230 g/mol. The van der Waals surface area contributed by atoms with E-state index in [0.29, 0.717) is 50.4 Å². The van der Waals surface area contributed by atoms with Crippen LogP contribution in [0.25, 0.3) is 0 Å². The summed E-state index contributed by atoms with van der Waals surface area (Å²) in [5.41, 5.74) is 4.04. The van der Waals surface area contributed by atoms with Crippen LogP contribution in [0.4, 0.5) is 35.1 Å². The van der Waals surface area contributed by atoms with E-state index >= 15 is 0 Å². The molecule has 0 heterocycles. The molecule has 8 fully saturated rings. The van der Waals surface area contributed by atoms with Gasteiger partial charge in [-0.05, 0) is 386 Å². The third-order valence-corrected chi connectivity index (χ3v) is 26.7. The maximum atomic E-state index is 14.3. The van der Waals surface area contributed by atoms with Crippen molar-refractivity contribution in [2.24, 2.45) is 71.0 Å². The van der Waals surface area contributed by atoms with E-state index in [2.05, 4.69) is 57.4 Å². The van der Waals surface area contributed by atoms with Gasteiger partial charge in [-0.15, -0.1) is 13.2 Å². The highest BCUT2D eigenvalue weighted by Gasteiger charge is 2.37. The molecule has 0 atom stereocenters. The van der Waals surface area contributed by atoms with E-state index in [1.807, 2.05) is 18.2 Å². The van der Waals surface area contributed by atoms with Crippen molar-refractivity contribution in [3.8, 4) is 0 Å². The highest BCUT2D eigenvalue weighted by atomic mass is 19.2. The Kier molecular flexibility index (Phi) is 30.4. The smallest absolute Gasteiger partial charge is 0.162 e. The second-order valence-electron chi connectivity index (χ2n) is 32.5. The quantitative estimate of drug-likeness (QED) is 0.0775. The number of hydrogen-bond donors (Lipinski definition) is 0. The monoisotopic (exact) mass is 1360 g/mol. The number of benzene rings is 4. The number of hydrogen-bond acceptors (Lipinski definition) is 0. The molecule has 8 aliphatic rings. The molecular formula is C90H124F8. The number of allylic oxidation sites excluding steroid dienone is 6. The largest absolute Gasteiger partial charge is 0.203 e. The summed E-state index contributed by atoms with van der Waals surface area (Å²) in [7, 11) is 0. The lowest BCUT2D eigenvalue weighted by molar-refractivity contribution is 0.156. The lowest BCUT2D eigenvalue weighted by Gasteiger charge is -2.38. The van der Waals surface area contributed by atoms with Crippen LogP contribution in [0.15, 0.2) is 98.1 Å². The van der Waals surface area contributed by atoms with Crippen molar-refractivity contribution in [1.82, 2.24) is 0 Å². The van der Waals surface area contributed by atoms with Crippen LogP contribution >= 0.6 is 0 Å². The molecule has 8 aliphatic carbocycles. The van der Waals surface area contributed by atoms with Crippen molar-refractivity contribution < 1.29 is 35.1 Å². The lowest BCUT2D eigenvalue weighted by atomic mass is 9.68. The Morgan fingerprint density at radius 3 is 0.786 bits per heavy atom. The first-order valence-corrected chi connectivity index (χ1v) is 39.6. The van der Waals surface area contributed by atoms with Crippen molar-refractivity contribution in [2.45, 2.75) is 296 Å². The van der Waals surface area contributed by atoms with Crippen molar-refractivity contribution >= 4 is 0 Å². The molecule has 98 heavy (non-hydrogen) atoms. The molecule has 0 amide bonds. The van der Waals surface area contributed by atoms with Gasteiger partial charge < -0.3 is 0 Å². The standard InChI is InChI=1S/C24H34F2.C23H32F2.C22H30F2.C21H28F2/c1-3-4-5-6-18-8-10-19(11-9-18)20-12-14-21(15-13-20)22-16-7-17(2)23(25)24(22)26;1-3-4-5-17-7-9-18(10-8-17)19-11-13-20(14-12-19)21-15-6-16(2)22(24)23(21)25;1-3-4-16-6-8-17(9-7-16)18-10-12-19(13-11-18)20-14-5-15(2)21(23)22(20)24;1-3-15-5-7-16(8-6-15)17-9-11-18(12-10-17)19-13-4-14(2)20(22)21(19)23/h3-4,7,16,18-21H,5-6,8-15H2,1-2H3;3,6,15,17-20H,1,4-5,7-14H2,2H3;3-5,14,16-19H,6-13H2,1-2H3;3-4,13,15-18H,1,5-12H2,2H3/b4-3+;;4-3+;. The molecule has 8 heteroatoms. The SMILES string of the molecule is C/C=C/C1CCC(C2CCC(c3ccc(C)c(F)c3F)CC2)CC1.C/C=C/CCC1CCC(C2CCC(c3ccc(C)c(F)c3F)CC2)CC1.C=CC1CCC(C2CCC(c3ccc(C)c(F)c3F)CC2)CC1.C=CCCC1CCC(C2CCC(c3ccc(C)c(F)c3F)CC2)CC1. The van der Waals surface area contributed by atoms with E-state index < -0.39 is 46.5 Å². The predicted octanol–water partition coefficient (Wildman–Crippen LogP) is 28.5. The molecule has 0 bridgehead atoms. The first kappa shape index (κ1) is 77.4. The minimum Gasteiger partial charge on any atom is -0.203 e. The normalized spacial score (nSPS) is 30.8. The highest BCUT2D eigenvalue weighted by molar-refractivity contribution is 5.32. The van der Waals surface area contributed by atoms with E-state index in [-0.39, 0.29) is 23.7 Å². The van der Waals surface area contributed by atoms with Gasteiger partial charge in [-0.1, -0.05) is 111 Å². The fourth-order valence-electron chi connectivity index (χ4n) is 20.2. The van der Waals surface area contributed by atoms with E-state index in [9.17, 15) is 35.1 Å². The zero-order valence-electron chi connectivity index (χ0n) is 61.2. The van der Waals surface area contributed by atoms with Gasteiger partial charge in [0.2, 0.25) is 0 Å². The van der Waals surface area contributed by atoms with Crippen molar-refractivity contribution in [2.75, 3.05) is 0 Å². The average molecular weight is 1360 g/mol. The Labute approximate surface area is 588 Å². The minimum atomic E-state index is -0.660. The molecule has 4 aromatic rings. The van der Waals surface area contributed by atoms with Crippen LogP contribution in [0.5, 0.6) is 0 Å². The van der Waals surface area contributed by atoms with Crippen LogP contribution in [-0.2, 0) is 0 Å². The first-order chi connectivity index (χ1) is 47.4. The van der Waals surface area contributed by atoms with Gasteiger partial charge >= 0.3 is 0 Å². The summed E-state index contributed by atoms with van der Waals surface area (Å²) in [5, 5.41) is 0. The molecule has 12 rings (SSSR count). The summed E-state index contributed by atoms with van der Waals surface area (Å²) < 4.78 is 112. The molecule has 540 valence electrons. The predicted molar refractivity (Wildman–Crippen MR) is 393 cm³/mol. The summed E-state index contributed by atoms with van der Waals surface area (Å²) >= 11 is 0. The molecule has 0 N–H and O–H groups in total. The summed E-state index contributed by atoms with van der Waals surface area (Å²) in [6.07, 6.45) is 57.3. The minimum absolute atomic E-state index is 0.200. The summed E-state index contributed by atoms with van der Waals surface area (Å²) in [5.74, 6) is 5.70. The zero-order chi connectivity index (χ0) is 69.8. The lowest BCUT2D eigenvalue weighted by Crippen LogP contribution is -2.25. The van der Waals surface area contributed by atoms with Gasteiger partial charge in [0.05, 0.1) is 0 Å². The van der Waals surface area contributed by atoms with Crippen molar-refractivity contribution in [1.29, 1.82) is 0 Å². The highest BCUT2D eigenvalue weighted by Crippen LogP contribution is 2.50. The van der Waals surface area contributed by atoms with Gasteiger partial charge in [-0.2, -0.15) is 0 Å². The molecule has 4 aromatic carbocycles. The molecule has 0 saturated heterocycles. The molecule has 8 saturated carbocycles. The van der Waals surface area contributed by atoms with Crippen molar-refractivity contribution in [3.05, 3.63) is 189 Å². The van der Waals surface area contributed by atoms with Crippen LogP contribution in [0.3, 0.4) is 0 Å². The molecule has 0 spiro atoms. The van der Waals surface area contributed by atoms with Gasteiger partial charge in [0, 0.05) is 0 Å². The maximum absolute atomic E-state index is 14.3. The Morgan fingerprint density at radius 1 is 0.296 bits per heavy atom. The van der Waals surface area contributed by atoms with Gasteiger partial charge in [0.25, 0.3) is 0 Å². The number of aryl methyl sites for hydroxylation is 4. The molecule has 0 aromatic heterocycles. The van der Waals surface area contributed by atoms with Crippen LogP contribution < -0.4 is 0 Å². The van der Waals surface area contributed by atoms with Gasteiger partial charge in [-0.25, -0.2) is 35.1 Å². The molecule has 0 aliphatic heterocycles. The number of rotatable bonds is 16. The van der Waals surface area contributed by atoms with E-state index in [1.54, 1.807) is 64.1 Å².